The number of methoxy groups -OCH3 is 1. The van der Waals surface area contributed by atoms with Crippen LogP contribution in [0.5, 0.6) is 5.75 Å². The molecule has 29 heavy (non-hydrogen) atoms. The quantitative estimate of drug-likeness (QED) is 0.497. The second kappa shape index (κ2) is 7.54. The van der Waals surface area contributed by atoms with E-state index in [-0.39, 0.29) is 5.41 Å². The predicted molar refractivity (Wildman–Crippen MR) is 120 cm³/mol. The summed E-state index contributed by atoms with van der Waals surface area (Å²) in [5.41, 5.74) is 8.29. The van der Waals surface area contributed by atoms with Gasteiger partial charge in [-0.25, -0.2) is 0 Å². The molecule has 3 aromatic rings. The Labute approximate surface area is 173 Å². The minimum atomic E-state index is -0.00463. The largest absolute Gasteiger partial charge is 0.497 e. The standard InChI is InChI=1S/C28H24O/c1-5-20-12-16-24-25-17-13-22(9-8-21-10-14-23(29-4)15-11-21)19-27(25)28(6-2,7-3)26(24)18-20/h1,10-19H,6-7H2,2-4H3. The monoisotopic (exact) mass is 376 g/mol. The van der Waals surface area contributed by atoms with Gasteiger partial charge in [0, 0.05) is 22.1 Å². The van der Waals surface area contributed by atoms with Gasteiger partial charge >= 0.3 is 0 Å². The van der Waals surface area contributed by atoms with Crippen LogP contribution < -0.4 is 4.74 Å². The Kier molecular flexibility index (Phi) is 4.92. The summed E-state index contributed by atoms with van der Waals surface area (Å²) in [6, 6.07) is 20.9. The summed E-state index contributed by atoms with van der Waals surface area (Å²) in [6.45, 7) is 4.53. The molecule has 0 saturated carbocycles. The Hall–Kier alpha value is -3.42. The summed E-state index contributed by atoms with van der Waals surface area (Å²) >= 11 is 0. The molecule has 0 aliphatic heterocycles. The van der Waals surface area contributed by atoms with Crippen molar-refractivity contribution in [3.05, 3.63) is 88.5 Å². The summed E-state index contributed by atoms with van der Waals surface area (Å²) < 4.78 is 5.22. The van der Waals surface area contributed by atoms with Crippen molar-refractivity contribution in [1.82, 2.24) is 0 Å². The van der Waals surface area contributed by atoms with Gasteiger partial charge < -0.3 is 4.74 Å². The van der Waals surface area contributed by atoms with Crippen LogP contribution in [0.2, 0.25) is 0 Å². The van der Waals surface area contributed by atoms with Gasteiger partial charge in [0.25, 0.3) is 0 Å². The highest BCUT2D eigenvalue weighted by Crippen LogP contribution is 2.52. The Morgan fingerprint density at radius 3 is 1.83 bits per heavy atom. The summed E-state index contributed by atoms with van der Waals surface area (Å²) in [6.07, 6.45) is 7.75. The normalized spacial score (nSPS) is 12.9. The van der Waals surface area contributed by atoms with Gasteiger partial charge in [0.15, 0.2) is 0 Å². The van der Waals surface area contributed by atoms with E-state index in [4.69, 9.17) is 11.2 Å². The Morgan fingerprint density at radius 1 is 0.759 bits per heavy atom. The molecule has 0 atom stereocenters. The minimum Gasteiger partial charge on any atom is -0.497 e. The molecule has 1 heteroatoms. The van der Waals surface area contributed by atoms with E-state index in [2.05, 4.69) is 61.9 Å². The smallest absolute Gasteiger partial charge is 0.118 e. The topological polar surface area (TPSA) is 9.23 Å². The van der Waals surface area contributed by atoms with Crippen LogP contribution in [0.25, 0.3) is 11.1 Å². The van der Waals surface area contributed by atoms with Crippen molar-refractivity contribution >= 4 is 0 Å². The van der Waals surface area contributed by atoms with Crippen molar-refractivity contribution in [1.29, 1.82) is 0 Å². The molecule has 0 radical (unpaired) electrons. The van der Waals surface area contributed by atoms with Gasteiger partial charge in [0.05, 0.1) is 7.11 Å². The number of benzene rings is 3. The third-order valence-corrected chi connectivity index (χ3v) is 6.18. The highest BCUT2D eigenvalue weighted by Gasteiger charge is 2.40. The second-order valence-electron chi connectivity index (χ2n) is 7.43. The molecular formula is C28H24O. The summed E-state index contributed by atoms with van der Waals surface area (Å²) in [5.74, 6) is 10.3. The molecule has 1 aliphatic rings. The SMILES string of the molecule is C#Cc1ccc2c(c1)C(CC)(CC)c1cc(C#Cc3ccc(OC)cc3)ccc1-2. The van der Waals surface area contributed by atoms with Crippen molar-refractivity contribution in [2.45, 2.75) is 32.1 Å². The van der Waals surface area contributed by atoms with Crippen LogP contribution in [0.3, 0.4) is 0 Å². The van der Waals surface area contributed by atoms with Crippen LogP contribution in [0, 0.1) is 24.2 Å². The zero-order valence-corrected chi connectivity index (χ0v) is 17.2. The fourth-order valence-electron chi connectivity index (χ4n) is 4.49. The van der Waals surface area contributed by atoms with E-state index >= 15 is 0 Å². The fourth-order valence-corrected chi connectivity index (χ4v) is 4.49. The first-order valence-corrected chi connectivity index (χ1v) is 10.1. The van der Waals surface area contributed by atoms with Gasteiger partial charge in [0.1, 0.15) is 5.75 Å². The molecule has 0 spiro atoms. The Balaban J connectivity index is 1.79. The molecule has 0 fully saturated rings. The number of rotatable bonds is 3. The molecule has 0 aromatic heterocycles. The van der Waals surface area contributed by atoms with Crippen LogP contribution in [0.1, 0.15) is 54.5 Å². The highest BCUT2D eigenvalue weighted by molar-refractivity contribution is 5.82. The first-order valence-electron chi connectivity index (χ1n) is 10.1. The molecule has 0 amide bonds. The van der Waals surface area contributed by atoms with Crippen LogP contribution in [0.15, 0.2) is 60.7 Å². The van der Waals surface area contributed by atoms with E-state index in [1.807, 2.05) is 30.3 Å². The predicted octanol–water partition coefficient (Wildman–Crippen LogP) is 6.16. The molecule has 0 heterocycles. The maximum absolute atomic E-state index is 5.68. The van der Waals surface area contributed by atoms with Gasteiger partial charge in [-0.3, -0.25) is 0 Å². The van der Waals surface area contributed by atoms with E-state index in [0.717, 1.165) is 35.3 Å². The maximum Gasteiger partial charge on any atom is 0.118 e. The summed E-state index contributed by atoms with van der Waals surface area (Å²) in [4.78, 5) is 0. The number of hydrogen-bond acceptors (Lipinski definition) is 1. The van der Waals surface area contributed by atoms with E-state index in [0.29, 0.717) is 0 Å². The molecule has 0 saturated heterocycles. The van der Waals surface area contributed by atoms with Crippen LogP contribution in [0.4, 0.5) is 0 Å². The zero-order valence-electron chi connectivity index (χ0n) is 17.2. The average molecular weight is 376 g/mol. The lowest BCUT2D eigenvalue weighted by molar-refractivity contribution is 0.415. The van der Waals surface area contributed by atoms with Crippen molar-refractivity contribution in [3.63, 3.8) is 0 Å². The van der Waals surface area contributed by atoms with Gasteiger partial charge in [-0.2, -0.15) is 0 Å². The third kappa shape index (κ3) is 3.10. The molecule has 0 N–H and O–H groups in total. The molecule has 3 aromatic carbocycles. The Morgan fingerprint density at radius 2 is 1.28 bits per heavy atom. The lowest BCUT2D eigenvalue weighted by Gasteiger charge is -2.29. The first-order chi connectivity index (χ1) is 14.1. The lowest BCUT2D eigenvalue weighted by atomic mass is 9.73. The van der Waals surface area contributed by atoms with E-state index in [9.17, 15) is 0 Å². The first kappa shape index (κ1) is 18.9. The van der Waals surface area contributed by atoms with E-state index in [1.54, 1.807) is 7.11 Å². The Bertz CT molecular complexity index is 1160. The highest BCUT2D eigenvalue weighted by atomic mass is 16.5. The number of hydrogen-bond donors (Lipinski definition) is 0. The summed E-state index contributed by atoms with van der Waals surface area (Å²) in [7, 11) is 1.67. The molecule has 142 valence electrons. The lowest BCUT2D eigenvalue weighted by Crippen LogP contribution is -2.23. The molecule has 0 unspecified atom stereocenters. The molecular weight excluding hydrogens is 352 g/mol. The average Bonchev–Trinajstić information content (AvgIpc) is 3.06. The fraction of sp³-hybridized carbons (Fsp3) is 0.214. The number of ether oxygens (including phenoxy) is 1. The van der Waals surface area contributed by atoms with E-state index < -0.39 is 0 Å². The van der Waals surface area contributed by atoms with Crippen LogP contribution in [-0.4, -0.2) is 7.11 Å². The molecule has 0 bridgehead atoms. The maximum atomic E-state index is 5.68. The van der Waals surface area contributed by atoms with Crippen molar-refractivity contribution in [3.8, 4) is 41.1 Å². The van der Waals surface area contributed by atoms with Crippen molar-refractivity contribution in [2.75, 3.05) is 7.11 Å². The molecule has 1 aliphatic carbocycles. The van der Waals surface area contributed by atoms with Crippen molar-refractivity contribution < 1.29 is 4.74 Å². The van der Waals surface area contributed by atoms with Crippen molar-refractivity contribution in [2.24, 2.45) is 0 Å². The summed E-state index contributed by atoms with van der Waals surface area (Å²) in [5, 5.41) is 0. The number of fused-ring (bicyclic) bond motifs is 3. The number of terminal acetylenes is 1. The van der Waals surface area contributed by atoms with E-state index in [1.165, 1.54) is 22.3 Å². The molecule has 4 rings (SSSR count). The van der Waals surface area contributed by atoms with Gasteiger partial charge in [0.2, 0.25) is 0 Å². The minimum absolute atomic E-state index is 0.00463. The van der Waals surface area contributed by atoms with Gasteiger partial charge in [-0.05, 0) is 83.6 Å². The van der Waals surface area contributed by atoms with Gasteiger partial charge in [-0.1, -0.05) is 43.7 Å². The zero-order chi connectivity index (χ0) is 20.4. The van der Waals surface area contributed by atoms with Crippen LogP contribution in [-0.2, 0) is 5.41 Å². The third-order valence-electron chi connectivity index (χ3n) is 6.18. The van der Waals surface area contributed by atoms with Gasteiger partial charge in [-0.15, -0.1) is 6.42 Å². The van der Waals surface area contributed by atoms with Crippen LogP contribution >= 0.6 is 0 Å². The molecule has 1 nitrogen and oxygen atoms in total. The second-order valence-corrected chi connectivity index (χ2v) is 7.43.